The van der Waals surface area contributed by atoms with Crippen LogP contribution in [0.1, 0.15) is 12.2 Å². The number of aromatic nitrogens is 3. The molecule has 78 valence electrons. The molecule has 4 nitrogen and oxygen atoms in total. The Morgan fingerprint density at radius 2 is 2.47 bits per heavy atom. The van der Waals surface area contributed by atoms with Crippen LogP contribution in [0.25, 0.3) is 5.65 Å². The fourth-order valence-electron chi connectivity index (χ4n) is 2.11. The summed E-state index contributed by atoms with van der Waals surface area (Å²) in [6.07, 6.45) is 4.18. The minimum atomic E-state index is 0.711. The van der Waals surface area contributed by atoms with E-state index in [1.165, 1.54) is 6.42 Å². The van der Waals surface area contributed by atoms with E-state index in [1.54, 1.807) is 0 Å². The molecule has 0 spiro atoms. The highest BCUT2D eigenvalue weighted by atomic mass is 15.3. The van der Waals surface area contributed by atoms with Gasteiger partial charge in [-0.05, 0) is 37.6 Å². The van der Waals surface area contributed by atoms with Gasteiger partial charge in [0.1, 0.15) is 0 Å². The molecule has 1 fully saturated rings. The van der Waals surface area contributed by atoms with Crippen LogP contribution in [0.4, 0.5) is 0 Å². The highest BCUT2D eigenvalue weighted by Crippen LogP contribution is 2.13. The van der Waals surface area contributed by atoms with Gasteiger partial charge in [-0.2, -0.15) is 5.10 Å². The SMILES string of the molecule is c1ccn2nc(CC3CCNC3)nc2c1. The van der Waals surface area contributed by atoms with E-state index in [-0.39, 0.29) is 0 Å². The summed E-state index contributed by atoms with van der Waals surface area (Å²) >= 11 is 0. The molecule has 4 heteroatoms. The third-order valence-corrected chi connectivity index (χ3v) is 2.92. The van der Waals surface area contributed by atoms with Crippen molar-refractivity contribution in [3.63, 3.8) is 0 Å². The summed E-state index contributed by atoms with van der Waals surface area (Å²) in [7, 11) is 0. The number of nitrogens with one attached hydrogen (secondary N) is 1. The number of pyridine rings is 1. The van der Waals surface area contributed by atoms with Gasteiger partial charge in [-0.1, -0.05) is 6.07 Å². The molecule has 1 N–H and O–H groups in total. The Bertz CT molecular complexity index is 423. The Hall–Kier alpha value is -1.42. The number of nitrogens with zero attached hydrogens (tertiary/aromatic N) is 3. The number of rotatable bonds is 2. The maximum atomic E-state index is 4.50. The molecule has 0 bridgehead atoms. The molecule has 0 aromatic carbocycles. The lowest BCUT2D eigenvalue weighted by Gasteiger charge is -2.02. The van der Waals surface area contributed by atoms with Gasteiger partial charge in [-0.25, -0.2) is 9.50 Å². The minimum Gasteiger partial charge on any atom is -0.316 e. The molecule has 2 aromatic rings. The Morgan fingerprint density at radius 3 is 3.27 bits per heavy atom. The molecule has 1 aliphatic heterocycles. The van der Waals surface area contributed by atoms with E-state index < -0.39 is 0 Å². The predicted molar refractivity (Wildman–Crippen MR) is 57.7 cm³/mol. The molecule has 15 heavy (non-hydrogen) atoms. The second-order valence-corrected chi connectivity index (χ2v) is 4.09. The van der Waals surface area contributed by atoms with Crippen LogP contribution in [-0.4, -0.2) is 27.7 Å². The van der Waals surface area contributed by atoms with Gasteiger partial charge in [-0.3, -0.25) is 0 Å². The van der Waals surface area contributed by atoms with Gasteiger partial charge in [-0.15, -0.1) is 0 Å². The first-order chi connectivity index (χ1) is 7.42. The van der Waals surface area contributed by atoms with Gasteiger partial charge in [0.05, 0.1) is 0 Å². The van der Waals surface area contributed by atoms with Crippen molar-refractivity contribution in [2.45, 2.75) is 12.8 Å². The fraction of sp³-hybridized carbons (Fsp3) is 0.455. The van der Waals surface area contributed by atoms with Crippen LogP contribution < -0.4 is 5.32 Å². The number of fused-ring (bicyclic) bond motifs is 1. The zero-order valence-electron chi connectivity index (χ0n) is 8.56. The van der Waals surface area contributed by atoms with Crippen LogP contribution in [0.2, 0.25) is 0 Å². The highest BCUT2D eigenvalue weighted by Gasteiger charge is 2.17. The molecule has 0 saturated carbocycles. The molecular weight excluding hydrogens is 188 g/mol. The number of hydrogen-bond donors (Lipinski definition) is 1. The molecule has 1 atom stereocenters. The van der Waals surface area contributed by atoms with Crippen molar-refractivity contribution in [2.24, 2.45) is 5.92 Å². The third kappa shape index (κ3) is 1.72. The Kier molecular flexibility index (Phi) is 2.14. The maximum Gasteiger partial charge on any atom is 0.155 e. The molecule has 1 saturated heterocycles. The first-order valence-electron chi connectivity index (χ1n) is 5.43. The van der Waals surface area contributed by atoms with Crippen molar-refractivity contribution >= 4 is 5.65 Å². The molecule has 1 aliphatic rings. The Morgan fingerprint density at radius 1 is 1.47 bits per heavy atom. The first-order valence-corrected chi connectivity index (χ1v) is 5.43. The third-order valence-electron chi connectivity index (χ3n) is 2.92. The summed E-state index contributed by atoms with van der Waals surface area (Å²) in [6.45, 7) is 2.24. The van der Waals surface area contributed by atoms with Crippen molar-refractivity contribution < 1.29 is 0 Å². The molecule has 1 unspecified atom stereocenters. The predicted octanol–water partition coefficient (Wildman–Crippen LogP) is 0.881. The zero-order valence-corrected chi connectivity index (χ0v) is 8.56. The second kappa shape index (κ2) is 3.62. The normalized spacial score (nSPS) is 21.2. The lowest BCUT2D eigenvalue weighted by Crippen LogP contribution is -2.11. The zero-order chi connectivity index (χ0) is 10.1. The monoisotopic (exact) mass is 202 g/mol. The maximum absolute atomic E-state index is 4.50. The van der Waals surface area contributed by atoms with Gasteiger partial charge in [0.25, 0.3) is 0 Å². The average molecular weight is 202 g/mol. The van der Waals surface area contributed by atoms with Crippen molar-refractivity contribution in [1.29, 1.82) is 0 Å². The summed E-state index contributed by atoms with van der Waals surface area (Å²) in [6, 6.07) is 5.96. The summed E-state index contributed by atoms with van der Waals surface area (Å²) in [5, 5.41) is 7.82. The highest BCUT2D eigenvalue weighted by molar-refractivity contribution is 5.36. The van der Waals surface area contributed by atoms with E-state index >= 15 is 0 Å². The Labute approximate surface area is 88.3 Å². The van der Waals surface area contributed by atoms with E-state index in [4.69, 9.17) is 0 Å². The number of hydrogen-bond acceptors (Lipinski definition) is 3. The average Bonchev–Trinajstić information content (AvgIpc) is 2.86. The van der Waals surface area contributed by atoms with Crippen LogP contribution in [-0.2, 0) is 6.42 Å². The van der Waals surface area contributed by atoms with Crippen LogP contribution in [0.15, 0.2) is 24.4 Å². The summed E-state index contributed by atoms with van der Waals surface area (Å²) in [5.41, 5.74) is 0.943. The van der Waals surface area contributed by atoms with Crippen LogP contribution >= 0.6 is 0 Å². The van der Waals surface area contributed by atoms with Crippen LogP contribution in [0.3, 0.4) is 0 Å². The van der Waals surface area contributed by atoms with Crippen molar-refractivity contribution in [2.75, 3.05) is 13.1 Å². The summed E-state index contributed by atoms with van der Waals surface area (Å²) in [5.74, 6) is 1.68. The van der Waals surface area contributed by atoms with Gasteiger partial charge >= 0.3 is 0 Å². The lowest BCUT2D eigenvalue weighted by molar-refractivity contribution is 0.561. The smallest absolute Gasteiger partial charge is 0.155 e. The van der Waals surface area contributed by atoms with Gasteiger partial charge < -0.3 is 5.32 Å². The van der Waals surface area contributed by atoms with E-state index in [1.807, 2.05) is 28.9 Å². The molecule has 0 aliphatic carbocycles. The summed E-state index contributed by atoms with van der Waals surface area (Å²) < 4.78 is 1.84. The fourth-order valence-corrected chi connectivity index (χ4v) is 2.11. The van der Waals surface area contributed by atoms with E-state index in [0.717, 1.165) is 31.0 Å². The molecular formula is C11H14N4. The van der Waals surface area contributed by atoms with Crippen LogP contribution in [0, 0.1) is 5.92 Å². The topological polar surface area (TPSA) is 42.2 Å². The van der Waals surface area contributed by atoms with Gasteiger partial charge in [0.2, 0.25) is 0 Å². The van der Waals surface area contributed by atoms with E-state index in [9.17, 15) is 0 Å². The summed E-state index contributed by atoms with van der Waals surface area (Å²) in [4.78, 5) is 4.50. The standard InChI is InChI=1S/C11H14N4/c1-2-6-15-11(3-1)13-10(14-15)7-9-4-5-12-8-9/h1-3,6,9,12H,4-5,7-8H2. The Balaban J connectivity index is 1.84. The van der Waals surface area contributed by atoms with Crippen LogP contribution in [0.5, 0.6) is 0 Å². The first kappa shape index (κ1) is 8.85. The molecule has 3 heterocycles. The van der Waals surface area contributed by atoms with Crippen molar-refractivity contribution in [1.82, 2.24) is 19.9 Å². The second-order valence-electron chi connectivity index (χ2n) is 4.09. The lowest BCUT2D eigenvalue weighted by atomic mass is 10.1. The van der Waals surface area contributed by atoms with Gasteiger partial charge in [0.15, 0.2) is 11.5 Å². The van der Waals surface area contributed by atoms with Crippen molar-refractivity contribution in [3.05, 3.63) is 30.2 Å². The van der Waals surface area contributed by atoms with Crippen molar-refractivity contribution in [3.8, 4) is 0 Å². The molecule has 0 radical (unpaired) electrons. The van der Waals surface area contributed by atoms with Gasteiger partial charge in [0, 0.05) is 12.6 Å². The molecule has 0 amide bonds. The van der Waals surface area contributed by atoms with E-state index in [2.05, 4.69) is 15.4 Å². The quantitative estimate of drug-likeness (QED) is 0.786. The minimum absolute atomic E-state index is 0.711. The molecule has 2 aromatic heterocycles. The largest absolute Gasteiger partial charge is 0.316 e. The molecule has 3 rings (SSSR count). The van der Waals surface area contributed by atoms with E-state index in [0.29, 0.717) is 5.92 Å².